The Morgan fingerprint density at radius 2 is 1.88 bits per heavy atom. The van der Waals surface area contributed by atoms with Crippen molar-refractivity contribution < 1.29 is 4.79 Å². The summed E-state index contributed by atoms with van der Waals surface area (Å²) in [4.78, 5) is 24.1. The first-order chi connectivity index (χ1) is 12.6. The van der Waals surface area contributed by atoms with Crippen molar-refractivity contribution in [2.75, 3.05) is 11.1 Å². The quantitative estimate of drug-likeness (QED) is 0.609. The number of hydrogen-bond donors (Lipinski definition) is 2. The van der Waals surface area contributed by atoms with Crippen molar-refractivity contribution >= 4 is 35.0 Å². The molecule has 0 saturated heterocycles. The molecule has 0 aliphatic rings. The number of carbonyl (C=O) groups excluding carboxylic acids is 1. The number of aromatic nitrogens is 3. The lowest BCUT2D eigenvalue weighted by Gasteiger charge is -2.07. The Labute approximate surface area is 159 Å². The zero-order valence-electron chi connectivity index (χ0n) is 13.8. The topological polar surface area (TPSA) is 79.8 Å². The summed E-state index contributed by atoms with van der Waals surface area (Å²) in [5, 5.41) is 10.2. The number of H-pyrrole nitrogens is 1. The molecular formula is C18H17ClN4O2S. The van der Waals surface area contributed by atoms with E-state index in [-0.39, 0.29) is 17.3 Å². The van der Waals surface area contributed by atoms with Gasteiger partial charge < -0.3 is 5.32 Å². The molecule has 0 saturated carbocycles. The molecule has 3 aromatic rings. The third-order valence-corrected chi connectivity index (χ3v) is 4.98. The van der Waals surface area contributed by atoms with E-state index in [1.807, 2.05) is 30.3 Å². The van der Waals surface area contributed by atoms with Crippen LogP contribution in [0, 0.1) is 0 Å². The number of thioether (sulfide) groups is 1. The zero-order chi connectivity index (χ0) is 18.4. The van der Waals surface area contributed by atoms with E-state index in [1.165, 1.54) is 11.8 Å². The Morgan fingerprint density at radius 1 is 1.15 bits per heavy atom. The Bertz CT molecular complexity index is 940. The number of nitrogens with one attached hydrogen (secondary N) is 2. The summed E-state index contributed by atoms with van der Waals surface area (Å²) >= 11 is 7.23. The molecule has 0 fully saturated rings. The van der Waals surface area contributed by atoms with Gasteiger partial charge in [0.25, 0.3) is 0 Å². The summed E-state index contributed by atoms with van der Waals surface area (Å²) in [6.45, 7) is 0.494. The van der Waals surface area contributed by atoms with Crippen molar-refractivity contribution in [2.45, 2.75) is 18.1 Å². The number of para-hydroxylation sites is 1. The predicted molar refractivity (Wildman–Crippen MR) is 104 cm³/mol. The molecule has 0 atom stereocenters. The highest BCUT2D eigenvalue weighted by Crippen LogP contribution is 2.21. The first-order valence-electron chi connectivity index (χ1n) is 8.00. The normalized spacial score (nSPS) is 10.7. The minimum absolute atomic E-state index is 0.126. The van der Waals surface area contributed by atoms with E-state index in [0.717, 1.165) is 5.56 Å². The monoisotopic (exact) mass is 388 g/mol. The van der Waals surface area contributed by atoms with Crippen molar-refractivity contribution in [2.24, 2.45) is 0 Å². The van der Waals surface area contributed by atoms with Gasteiger partial charge in [-0.15, -0.1) is 5.10 Å². The van der Waals surface area contributed by atoms with Crippen LogP contribution in [0.2, 0.25) is 5.02 Å². The molecule has 1 amide bonds. The molecule has 134 valence electrons. The number of hydrogen-bond acceptors (Lipinski definition) is 4. The van der Waals surface area contributed by atoms with Crippen molar-refractivity contribution in [1.82, 2.24) is 14.8 Å². The van der Waals surface area contributed by atoms with Crippen molar-refractivity contribution in [3.8, 4) is 0 Å². The first-order valence-corrected chi connectivity index (χ1v) is 9.36. The van der Waals surface area contributed by atoms with Gasteiger partial charge in [0.05, 0.1) is 16.5 Å². The van der Waals surface area contributed by atoms with Crippen LogP contribution in [-0.2, 0) is 17.8 Å². The van der Waals surface area contributed by atoms with Gasteiger partial charge in [0.1, 0.15) is 0 Å². The van der Waals surface area contributed by atoms with Crippen LogP contribution >= 0.6 is 23.4 Å². The molecule has 8 heteroatoms. The molecule has 0 unspecified atom stereocenters. The largest absolute Gasteiger partial charge is 0.343 e. The highest BCUT2D eigenvalue weighted by Gasteiger charge is 2.12. The van der Waals surface area contributed by atoms with Crippen molar-refractivity contribution in [3.05, 3.63) is 75.7 Å². The smallest absolute Gasteiger partial charge is 0.324 e. The van der Waals surface area contributed by atoms with Gasteiger partial charge in [0, 0.05) is 6.54 Å². The Balaban J connectivity index is 1.59. The van der Waals surface area contributed by atoms with Crippen LogP contribution in [0.1, 0.15) is 5.56 Å². The molecule has 0 spiro atoms. The van der Waals surface area contributed by atoms with E-state index >= 15 is 0 Å². The van der Waals surface area contributed by atoms with E-state index < -0.39 is 0 Å². The maximum Gasteiger partial charge on any atom is 0.343 e. The zero-order valence-corrected chi connectivity index (χ0v) is 15.4. The van der Waals surface area contributed by atoms with E-state index in [4.69, 9.17) is 11.6 Å². The summed E-state index contributed by atoms with van der Waals surface area (Å²) in [5.41, 5.74) is 1.41. The molecule has 2 N–H and O–H groups in total. The highest BCUT2D eigenvalue weighted by molar-refractivity contribution is 7.99. The lowest BCUT2D eigenvalue weighted by Crippen LogP contribution is -2.20. The molecule has 0 bridgehead atoms. The Kier molecular flexibility index (Phi) is 6.14. The molecule has 3 rings (SSSR count). The van der Waals surface area contributed by atoms with Crippen LogP contribution < -0.4 is 11.0 Å². The predicted octanol–water partition coefficient (Wildman–Crippen LogP) is 3.20. The fourth-order valence-electron chi connectivity index (χ4n) is 2.38. The summed E-state index contributed by atoms with van der Waals surface area (Å²) < 4.78 is 1.54. The maximum absolute atomic E-state index is 12.1. The molecule has 2 aromatic carbocycles. The molecule has 0 aliphatic carbocycles. The lowest BCUT2D eigenvalue weighted by molar-refractivity contribution is -0.113. The van der Waals surface area contributed by atoms with Gasteiger partial charge in [-0.25, -0.2) is 9.89 Å². The second-order valence-corrected chi connectivity index (χ2v) is 6.86. The van der Waals surface area contributed by atoms with Crippen LogP contribution in [0.25, 0.3) is 0 Å². The average molecular weight is 389 g/mol. The molecule has 26 heavy (non-hydrogen) atoms. The third-order valence-electron chi connectivity index (χ3n) is 3.67. The summed E-state index contributed by atoms with van der Waals surface area (Å²) in [6.07, 6.45) is 0.708. The Morgan fingerprint density at radius 3 is 2.65 bits per heavy atom. The number of aryl methyl sites for hydroxylation is 1. The molecule has 1 aromatic heterocycles. The number of anilines is 1. The number of halogens is 1. The number of carbonyl (C=O) groups is 1. The number of nitrogens with zero attached hydrogens (tertiary/aromatic N) is 2. The average Bonchev–Trinajstić information content (AvgIpc) is 3.01. The van der Waals surface area contributed by atoms with E-state index in [9.17, 15) is 9.59 Å². The standard InChI is InChI=1S/C18H17ClN4O2S/c19-14-8-4-5-9-15(14)20-16(24)12-26-18-22-21-17(25)23(18)11-10-13-6-2-1-3-7-13/h1-9H,10-12H2,(H,20,24)(H,21,25). The summed E-state index contributed by atoms with van der Waals surface area (Å²) in [7, 11) is 0. The Hall–Kier alpha value is -2.51. The van der Waals surface area contributed by atoms with Gasteiger partial charge in [-0.05, 0) is 24.1 Å². The molecule has 0 aliphatic heterocycles. The van der Waals surface area contributed by atoms with Gasteiger partial charge in [0.2, 0.25) is 5.91 Å². The van der Waals surface area contributed by atoms with Crippen LogP contribution in [0.15, 0.2) is 64.5 Å². The minimum atomic E-state index is -0.282. The van der Waals surface area contributed by atoms with Crippen LogP contribution in [0.3, 0.4) is 0 Å². The number of rotatable bonds is 7. The SMILES string of the molecule is O=C(CSc1n[nH]c(=O)n1CCc1ccccc1)Nc1ccccc1Cl. The van der Waals surface area contributed by atoms with Crippen LogP contribution in [0.4, 0.5) is 5.69 Å². The second-order valence-electron chi connectivity index (χ2n) is 5.52. The van der Waals surface area contributed by atoms with Crippen molar-refractivity contribution in [3.63, 3.8) is 0 Å². The fourth-order valence-corrected chi connectivity index (χ4v) is 3.33. The molecule has 1 heterocycles. The third kappa shape index (κ3) is 4.77. The number of aromatic amines is 1. The van der Waals surface area contributed by atoms with Crippen LogP contribution in [0.5, 0.6) is 0 Å². The first kappa shape index (κ1) is 18.3. The highest BCUT2D eigenvalue weighted by atomic mass is 35.5. The molecular weight excluding hydrogens is 372 g/mol. The summed E-state index contributed by atoms with van der Waals surface area (Å²) in [6, 6.07) is 16.9. The van der Waals surface area contributed by atoms with E-state index in [1.54, 1.807) is 28.8 Å². The minimum Gasteiger partial charge on any atom is -0.324 e. The van der Waals surface area contributed by atoms with Gasteiger partial charge in [-0.3, -0.25) is 9.36 Å². The number of amides is 1. The van der Waals surface area contributed by atoms with Crippen LogP contribution in [-0.4, -0.2) is 26.4 Å². The van der Waals surface area contributed by atoms with E-state index in [2.05, 4.69) is 15.5 Å². The van der Waals surface area contributed by atoms with Gasteiger partial charge in [-0.2, -0.15) is 0 Å². The van der Waals surface area contributed by atoms with Gasteiger partial charge in [-0.1, -0.05) is 65.8 Å². The van der Waals surface area contributed by atoms with E-state index in [0.29, 0.717) is 28.8 Å². The fraction of sp³-hybridized carbons (Fsp3) is 0.167. The van der Waals surface area contributed by atoms with Gasteiger partial charge >= 0.3 is 5.69 Å². The van der Waals surface area contributed by atoms with Crippen molar-refractivity contribution in [1.29, 1.82) is 0 Å². The maximum atomic E-state index is 12.1. The summed E-state index contributed by atoms with van der Waals surface area (Å²) in [5.74, 6) is -0.0888. The number of benzene rings is 2. The molecule has 0 radical (unpaired) electrons. The lowest BCUT2D eigenvalue weighted by atomic mass is 10.1. The second kappa shape index (κ2) is 8.73. The molecule has 6 nitrogen and oxygen atoms in total. The van der Waals surface area contributed by atoms with Gasteiger partial charge in [0.15, 0.2) is 5.16 Å².